The zero-order valence-corrected chi connectivity index (χ0v) is 12.8. The molecule has 0 aliphatic rings. The van der Waals surface area contributed by atoms with E-state index in [0.29, 0.717) is 21.4 Å². The van der Waals surface area contributed by atoms with Gasteiger partial charge >= 0.3 is 0 Å². The van der Waals surface area contributed by atoms with Gasteiger partial charge < -0.3 is 11.1 Å². The second-order valence-corrected chi connectivity index (χ2v) is 5.53. The van der Waals surface area contributed by atoms with Crippen molar-refractivity contribution in [1.82, 2.24) is 0 Å². The van der Waals surface area contributed by atoms with Crippen LogP contribution in [0.15, 0.2) is 45.3 Å². The zero-order valence-electron chi connectivity index (χ0n) is 9.58. The lowest BCUT2D eigenvalue weighted by molar-refractivity contribution is 0.102. The van der Waals surface area contributed by atoms with Gasteiger partial charge in [-0.1, -0.05) is 0 Å². The van der Waals surface area contributed by atoms with E-state index in [4.69, 9.17) is 5.73 Å². The Morgan fingerprint density at radius 3 is 2.47 bits per heavy atom. The number of halogens is 3. The van der Waals surface area contributed by atoms with Crippen LogP contribution in [0.2, 0.25) is 0 Å². The van der Waals surface area contributed by atoms with Gasteiger partial charge in [0.2, 0.25) is 0 Å². The summed E-state index contributed by atoms with van der Waals surface area (Å²) in [5.41, 5.74) is 7.12. The van der Waals surface area contributed by atoms with E-state index < -0.39 is 0 Å². The maximum Gasteiger partial charge on any atom is 0.255 e. The van der Waals surface area contributed by atoms with Gasteiger partial charge in [-0.15, -0.1) is 0 Å². The molecule has 1 amide bonds. The van der Waals surface area contributed by atoms with Crippen LogP contribution in [0.4, 0.5) is 15.8 Å². The Bertz CT molecular complexity index is 647. The first-order chi connectivity index (χ1) is 8.97. The van der Waals surface area contributed by atoms with Crippen LogP contribution in [0, 0.1) is 5.82 Å². The average molecular weight is 388 g/mol. The van der Waals surface area contributed by atoms with E-state index in [9.17, 15) is 9.18 Å². The number of carbonyl (C=O) groups is 1. The molecule has 0 spiro atoms. The summed E-state index contributed by atoms with van der Waals surface area (Å²) >= 11 is 6.32. The van der Waals surface area contributed by atoms with Crippen molar-refractivity contribution in [3.63, 3.8) is 0 Å². The Hall–Kier alpha value is -1.40. The lowest BCUT2D eigenvalue weighted by atomic mass is 10.2. The van der Waals surface area contributed by atoms with Gasteiger partial charge in [0.25, 0.3) is 5.91 Å². The van der Waals surface area contributed by atoms with E-state index in [0.717, 1.165) is 4.47 Å². The highest BCUT2D eigenvalue weighted by Crippen LogP contribution is 2.23. The molecule has 0 aliphatic carbocycles. The molecule has 2 aromatic carbocycles. The van der Waals surface area contributed by atoms with Crippen molar-refractivity contribution < 1.29 is 9.18 Å². The second kappa shape index (κ2) is 5.71. The van der Waals surface area contributed by atoms with Gasteiger partial charge in [-0.25, -0.2) is 4.39 Å². The van der Waals surface area contributed by atoms with Crippen LogP contribution in [0.3, 0.4) is 0 Å². The van der Waals surface area contributed by atoms with Crippen molar-refractivity contribution in [2.24, 2.45) is 0 Å². The minimum absolute atomic E-state index is 0.292. The topological polar surface area (TPSA) is 55.1 Å². The third kappa shape index (κ3) is 3.33. The number of hydrogen-bond donors (Lipinski definition) is 2. The summed E-state index contributed by atoms with van der Waals surface area (Å²) in [6.07, 6.45) is 0. The van der Waals surface area contributed by atoms with Gasteiger partial charge in [-0.05, 0) is 68.3 Å². The van der Waals surface area contributed by atoms with Gasteiger partial charge in [0.1, 0.15) is 5.82 Å². The molecule has 3 nitrogen and oxygen atoms in total. The van der Waals surface area contributed by atoms with Crippen LogP contribution in [-0.2, 0) is 0 Å². The Kier molecular flexibility index (Phi) is 4.21. The molecule has 19 heavy (non-hydrogen) atoms. The minimum Gasteiger partial charge on any atom is -0.398 e. The number of hydrogen-bond acceptors (Lipinski definition) is 2. The van der Waals surface area contributed by atoms with Gasteiger partial charge in [0.05, 0.1) is 4.47 Å². The number of benzene rings is 2. The van der Waals surface area contributed by atoms with Crippen LogP contribution >= 0.6 is 31.9 Å². The molecular formula is C13H9Br2FN2O. The van der Waals surface area contributed by atoms with Crippen LogP contribution in [0.25, 0.3) is 0 Å². The van der Waals surface area contributed by atoms with E-state index in [1.165, 1.54) is 18.2 Å². The molecular weight excluding hydrogens is 379 g/mol. The minimum atomic E-state index is -0.383. The monoisotopic (exact) mass is 386 g/mol. The largest absolute Gasteiger partial charge is 0.398 e. The molecule has 0 bridgehead atoms. The van der Waals surface area contributed by atoms with Crippen molar-refractivity contribution in [1.29, 1.82) is 0 Å². The fraction of sp³-hybridized carbons (Fsp3) is 0. The number of rotatable bonds is 2. The average Bonchev–Trinajstić information content (AvgIpc) is 2.37. The smallest absolute Gasteiger partial charge is 0.255 e. The summed E-state index contributed by atoms with van der Waals surface area (Å²) in [5, 5.41) is 2.67. The summed E-state index contributed by atoms with van der Waals surface area (Å²) in [7, 11) is 0. The van der Waals surface area contributed by atoms with Gasteiger partial charge in [-0.3, -0.25) is 4.79 Å². The fourth-order valence-electron chi connectivity index (χ4n) is 1.46. The Morgan fingerprint density at radius 1 is 1.11 bits per heavy atom. The Labute approximate surface area is 126 Å². The number of nitrogens with two attached hydrogens (primary N) is 1. The first-order valence-electron chi connectivity index (χ1n) is 5.29. The van der Waals surface area contributed by atoms with Crippen molar-refractivity contribution in [3.8, 4) is 0 Å². The maximum absolute atomic E-state index is 13.1. The van der Waals surface area contributed by atoms with Crippen molar-refractivity contribution in [2.45, 2.75) is 0 Å². The Morgan fingerprint density at radius 2 is 1.84 bits per heavy atom. The highest BCUT2D eigenvalue weighted by atomic mass is 79.9. The van der Waals surface area contributed by atoms with E-state index >= 15 is 0 Å². The SMILES string of the molecule is Nc1cc(C(=O)Nc2ccc(F)c(Br)c2)ccc1Br. The standard InChI is InChI=1S/C13H9Br2FN2O/c14-9-3-1-7(5-12(9)17)13(19)18-8-2-4-11(16)10(15)6-8/h1-6H,17H2,(H,18,19). The van der Waals surface area contributed by atoms with E-state index in [1.54, 1.807) is 18.2 Å². The molecule has 0 aromatic heterocycles. The highest BCUT2D eigenvalue weighted by molar-refractivity contribution is 9.10. The second-order valence-electron chi connectivity index (χ2n) is 3.82. The lowest BCUT2D eigenvalue weighted by Gasteiger charge is -2.07. The molecule has 0 radical (unpaired) electrons. The summed E-state index contributed by atoms with van der Waals surface area (Å²) in [4.78, 5) is 12.0. The summed E-state index contributed by atoms with van der Waals surface area (Å²) < 4.78 is 14.1. The highest BCUT2D eigenvalue weighted by Gasteiger charge is 2.09. The number of nitrogens with one attached hydrogen (secondary N) is 1. The number of anilines is 2. The van der Waals surface area contributed by atoms with Crippen molar-refractivity contribution in [3.05, 3.63) is 56.7 Å². The molecule has 98 valence electrons. The maximum atomic E-state index is 13.1. The number of nitrogen functional groups attached to an aromatic ring is 1. The molecule has 2 rings (SSSR count). The van der Waals surface area contributed by atoms with Crippen LogP contribution < -0.4 is 11.1 Å². The molecule has 6 heteroatoms. The first-order valence-corrected chi connectivity index (χ1v) is 6.87. The molecule has 0 unspecified atom stereocenters. The fourth-order valence-corrected chi connectivity index (χ4v) is 2.09. The molecule has 0 atom stereocenters. The van der Waals surface area contributed by atoms with Gasteiger partial charge in [0.15, 0.2) is 0 Å². The normalized spacial score (nSPS) is 10.3. The molecule has 2 aromatic rings. The number of amides is 1. The predicted molar refractivity (Wildman–Crippen MR) is 80.6 cm³/mol. The van der Waals surface area contributed by atoms with Crippen LogP contribution in [0.5, 0.6) is 0 Å². The number of carbonyl (C=O) groups excluding carboxylic acids is 1. The summed E-state index contributed by atoms with van der Waals surface area (Å²) in [5.74, 6) is -0.691. The summed E-state index contributed by atoms with van der Waals surface area (Å²) in [6, 6.07) is 9.17. The van der Waals surface area contributed by atoms with Crippen LogP contribution in [0.1, 0.15) is 10.4 Å². The van der Waals surface area contributed by atoms with E-state index in [-0.39, 0.29) is 11.7 Å². The van der Waals surface area contributed by atoms with Crippen LogP contribution in [-0.4, -0.2) is 5.91 Å². The predicted octanol–water partition coefficient (Wildman–Crippen LogP) is 4.19. The molecule has 0 saturated carbocycles. The third-order valence-corrected chi connectivity index (χ3v) is 3.77. The summed E-state index contributed by atoms with van der Waals surface area (Å²) in [6.45, 7) is 0. The van der Waals surface area contributed by atoms with Crippen molar-refractivity contribution >= 4 is 49.1 Å². The quantitative estimate of drug-likeness (QED) is 0.759. The van der Waals surface area contributed by atoms with E-state index in [2.05, 4.69) is 37.2 Å². The molecule has 0 saturated heterocycles. The molecule has 0 fully saturated rings. The van der Waals surface area contributed by atoms with Gasteiger partial charge in [0, 0.05) is 21.4 Å². The van der Waals surface area contributed by atoms with Crippen molar-refractivity contribution in [2.75, 3.05) is 11.1 Å². The third-order valence-electron chi connectivity index (χ3n) is 2.44. The first kappa shape index (κ1) is 14.0. The van der Waals surface area contributed by atoms with E-state index in [1.807, 2.05) is 0 Å². The molecule has 0 aliphatic heterocycles. The Balaban J connectivity index is 2.20. The zero-order chi connectivity index (χ0) is 14.0. The van der Waals surface area contributed by atoms with Gasteiger partial charge in [-0.2, -0.15) is 0 Å². The molecule has 0 heterocycles. The lowest BCUT2D eigenvalue weighted by Crippen LogP contribution is -2.12. The molecule has 3 N–H and O–H groups in total.